The second kappa shape index (κ2) is 11.0. The summed E-state index contributed by atoms with van der Waals surface area (Å²) in [6.07, 6.45) is 13.2. The molecule has 2 N–H and O–H groups in total. The minimum absolute atomic E-state index is 0. The first-order valence-corrected chi connectivity index (χ1v) is 9.94. The molecule has 0 radical (unpaired) electrons. The zero-order chi connectivity index (χ0) is 16.1. The van der Waals surface area contributed by atoms with Gasteiger partial charge in [-0.05, 0) is 63.6 Å². The summed E-state index contributed by atoms with van der Waals surface area (Å²) in [4.78, 5) is 17.8. The number of rotatable bonds is 5. The van der Waals surface area contributed by atoms with Crippen molar-refractivity contribution in [2.24, 2.45) is 11.1 Å². The summed E-state index contributed by atoms with van der Waals surface area (Å²) in [5.41, 5.74) is 6.20. The molecular weight excluding hydrogens is 357 g/mol. The number of nitrogens with zero attached hydrogens (tertiary/aromatic N) is 2. The molecule has 1 aliphatic carbocycles. The van der Waals surface area contributed by atoms with Gasteiger partial charge in [-0.15, -0.1) is 24.8 Å². The van der Waals surface area contributed by atoms with Crippen molar-refractivity contribution in [3.8, 4) is 0 Å². The van der Waals surface area contributed by atoms with Gasteiger partial charge in [-0.2, -0.15) is 0 Å². The van der Waals surface area contributed by atoms with Crippen LogP contribution in [-0.4, -0.2) is 54.5 Å². The molecule has 0 spiro atoms. The van der Waals surface area contributed by atoms with Gasteiger partial charge >= 0.3 is 0 Å². The number of likely N-dealkylation sites (tertiary alicyclic amines) is 2. The van der Waals surface area contributed by atoms with Crippen LogP contribution in [0, 0.1) is 5.41 Å². The second-order valence-electron chi connectivity index (χ2n) is 8.19. The average Bonchev–Trinajstić information content (AvgIpc) is 3.05. The van der Waals surface area contributed by atoms with E-state index in [-0.39, 0.29) is 30.2 Å². The Labute approximate surface area is 166 Å². The summed E-state index contributed by atoms with van der Waals surface area (Å²) >= 11 is 0. The highest BCUT2D eigenvalue weighted by Gasteiger charge is 2.37. The summed E-state index contributed by atoms with van der Waals surface area (Å²) in [5.74, 6) is 0.386. The van der Waals surface area contributed by atoms with E-state index in [1.54, 1.807) is 0 Å². The molecule has 3 rings (SSSR count). The van der Waals surface area contributed by atoms with E-state index in [0.717, 1.165) is 25.9 Å². The fraction of sp³-hybridized carbons (Fsp3) is 0.947. The number of amides is 1. The number of carbonyl (C=O) groups is 1. The Hall–Kier alpha value is -0.0300. The monoisotopic (exact) mass is 393 g/mol. The molecular formula is C19H37Cl2N3O. The molecule has 4 nitrogen and oxygen atoms in total. The molecule has 2 heterocycles. The van der Waals surface area contributed by atoms with E-state index >= 15 is 0 Å². The van der Waals surface area contributed by atoms with Gasteiger partial charge < -0.3 is 15.5 Å². The summed E-state index contributed by atoms with van der Waals surface area (Å²) in [5, 5.41) is 0. The topological polar surface area (TPSA) is 49.6 Å². The highest BCUT2D eigenvalue weighted by molar-refractivity contribution is 5.85. The lowest BCUT2D eigenvalue weighted by molar-refractivity contribution is -0.135. The summed E-state index contributed by atoms with van der Waals surface area (Å²) in [7, 11) is 0. The van der Waals surface area contributed by atoms with Crippen molar-refractivity contribution in [3.63, 3.8) is 0 Å². The fourth-order valence-electron chi connectivity index (χ4n) is 4.97. The highest BCUT2D eigenvalue weighted by atomic mass is 35.5. The van der Waals surface area contributed by atoms with Crippen molar-refractivity contribution in [1.29, 1.82) is 0 Å². The molecule has 0 aromatic rings. The van der Waals surface area contributed by atoms with Crippen molar-refractivity contribution in [3.05, 3.63) is 0 Å². The van der Waals surface area contributed by atoms with Crippen LogP contribution >= 0.6 is 24.8 Å². The van der Waals surface area contributed by atoms with E-state index in [4.69, 9.17) is 5.73 Å². The van der Waals surface area contributed by atoms with Gasteiger partial charge in [-0.1, -0.05) is 25.7 Å². The second-order valence-corrected chi connectivity index (χ2v) is 8.19. The van der Waals surface area contributed by atoms with Crippen LogP contribution < -0.4 is 5.73 Å². The number of piperidine rings is 1. The van der Waals surface area contributed by atoms with Crippen LogP contribution in [0.3, 0.4) is 0 Å². The Morgan fingerprint density at radius 3 is 2.20 bits per heavy atom. The first-order chi connectivity index (χ1) is 11.2. The largest absolute Gasteiger partial charge is 0.338 e. The molecule has 1 amide bonds. The molecule has 0 aromatic heterocycles. The summed E-state index contributed by atoms with van der Waals surface area (Å²) in [6.45, 7) is 5.21. The smallest absolute Gasteiger partial charge is 0.223 e. The van der Waals surface area contributed by atoms with Crippen LogP contribution in [-0.2, 0) is 4.79 Å². The molecule has 2 saturated heterocycles. The van der Waals surface area contributed by atoms with Gasteiger partial charge in [-0.3, -0.25) is 4.79 Å². The van der Waals surface area contributed by atoms with Gasteiger partial charge in [0.1, 0.15) is 0 Å². The van der Waals surface area contributed by atoms with E-state index < -0.39 is 0 Å². The Morgan fingerprint density at radius 2 is 1.56 bits per heavy atom. The van der Waals surface area contributed by atoms with Crippen molar-refractivity contribution < 1.29 is 4.79 Å². The summed E-state index contributed by atoms with van der Waals surface area (Å²) in [6, 6.07) is 0.457. The SMILES string of the molecule is Cl.Cl.NCC1(CC(=O)N2CCCC2CN2CCCCC2)CCCCC1. The standard InChI is InChI=1S/C19H35N3O.2ClH/c20-16-19(9-3-1-4-10-19)14-18(23)22-13-7-8-17(22)15-21-11-5-2-6-12-21;;/h17H,1-16,20H2;2*1H. The van der Waals surface area contributed by atoms with E-state index in [0.29, 0.717) is 24.9 Å². The lowest BCUT2D eigenvalue weighted by Gasteiger charge is -2.38. The predicted octanol–water partition coefficient (Wildman–Crippen LogP) is 3.61. The van der Waals surface area contributed by atoms with Gasteiger partial charge in [-0.25, -0.2) is 0 Å². The molecule has 1 atom stereocenters. The van der Waals surface area contributed by atoms with E-state index in [9.17, 15) is 4.79 Å². The Bertz CT molecular complexity index is 396. The van der Waals surface area contributed by atoms with Crippen molar-refractivity contribution in [2.45, 2.75) is 76.7 Å². The Kier molecular flexibility index (Phi) is 10.1. The maximum Gasteiger partial charge on any atom is 0.223 e. The van der Waals surface area contributed by atoms with Crippen molar-refractivity contribution >= 4 is 30.7 Å². The number of carbonyl (C=O) groups excluding carboxylic acids is 1. The van der Waals surface area contributed by atoms with Crippen LogP contribution in [0.5, 0.6) is 0 Å². The predicted molar refractivity (Wildman–Crippen MR) is 109 cm³/mol. The number of hydrogen-bond donors (Lipinski definition) is 1. The van der Waals surface area contributed by atoms with Gasteiger partial charge in [0.15, 0.2) is 0 Å². The van der Waals surface area contributed by atoms with Crippen molar-refractivity contribution in [1.82, 2.24) is 9.80 Å². The number of nitrogens with two attached hydrogens (primary N) is 1. The quantitative estimate of drug-likeness (QED) is 0.775. The molecule has 148 valence electrons. The van der Waals surface area contributed by atoms with Crippen LogP contribution in [0.4, 0.5) is 0 Å². The molecule has 1 unspecified atom stereocenters. The number of halogens is 2. The van der Waals surface area contributed by atoms with E-state index in [1.165, 1.54) is 64.5 Å². The molecule has 1 saturated carbocycles. The normalized spacial score (nSPS) is 26.6. The molecule has 3 fully saturated rings. The zero-order valence-electron chi connectivity index (χ0n) is 15.6. The van der Waals surface area contributed by atoms with E-state index in [1.807, 2.05) is 0 Å². The maximum absolute atomic E-state index is 13.0. The van der Waals surface area contributed by atoms with Crippen molar-refractivity contribution in [2.75, 3.05) is 32.7 Å². The third-order valence-electron chi connectivity index (χ3n) is 6.49. The van der Waals surface area contributed by atoms with E-state index in [2.05, 4.69) is 9.80 Å². The van der Waals surface area contributed by atoms with Gasteiger partial charge in [0.2, 0.25) is 5.91 Å². The van der Waals surface area contributed by atoms with Crippen LogP contribution in [0.2, 0.25) is 0 Å². The zero-order valence-corrected chi connectivity index (χ0v) is 17.2. The Morgan fingerprint density at radius 1 is 0.920 bits per heavy atom. The number of hydrogen-bond acceptors (Lipinski definition) is 3. The fourth-order valence-corrected chi connectivity index (χ4v) is 4.97. The van der Waals surface area contributed by atoms with Crippen LogP contribution in [0.1, 0.15) is 70.6 Å². The maximum atomic E-state index is 13.0. The Balaban J connectivity index is 0.00000156. The molecule has 3 aliphatic rings. The minimum atomic E-state index is 0. The minimum Gasteiger partial charge on any atom is -0.338 e. The van der Waals surface area contributed by atoms with Gasteiger partial charge in [0.05, 0.1) is 0 Å². The first-order valence-electron chi connectivity index (χ1n) is 9.94. The lowest BCUT2D eigenvalue weighted by atomic mass is 9.71. The molecule has 25 heavy (non-hydrogen) atoms. The molecule has 0 bridgehead atoms. The van der Waals surface area contributed by atoms with Gasteiger partial charge in [0, 0.05) is 25.6 Å². The van der Waals surface area contributed by atoms with Crippen LogP contribution in [0.15, 0.2) is 0 Å². The average molecular weight is 394 g/mol. The third-order valence-corrected chi connectivity index (χ3v) is 6.49. The molecule has 6 heteroatoms. The lowest BCUT2D eigenvalue weighted by Crippen LogP contribution is -2.47. The molecule has 2 aliphatic heterocycles. The summed E-state index contributed by atoms with van der Waals surface area (Å²) < 4.78 is 0. The molecule has 0 aromatic carbocycles. The third kappa shape index (κ3) is 5.98. The first kappa shape index (κ1) is 23.0. The van der Waals surface area contributed by atoms with Gasteiger partial charge in [0.25, 0.3) is 0 Å². The van der Waals surface area contributed by atoms with Crippen LogP contribution in [0.25, 0.3) is 0 Å². The highest BCUT2D eigenvalue weighted by Crippen LogP contribution is 2.39.